The molecule has 0 saturated carbocycles. The van der Waals surface area contributed by atoms with Crippen molar-refractivity contribution in [3.8, 4) is 0 Å². The SMILES string of the molecule is Cc1cnc(C2CCCN(C(=O)NC3CCS(=O)(=O)C3)C2)s1. The van der Waals surface area contributed by atoms with Crippen LogP contribution >= 0.6 is 11.3 Å². The van der Waals surface area contributed by atoms with Crippen molar-refractivity contribution >= 4 is 27.2 Å². The minimum absolute atomic E-state index is 0.0711. The molecule has 2 aliphatic heterocycles. The van der Waals surface area contributed by atoms with Gasteiger partial charge in [-0.05, 0) is 26.2 Å². The molecule has 0 bridgehead atoms. The second-order valence-corrected chi connectivity index (χ2v) is 9.64. The smallest absolute Gasteiger partial charge is 0.317 e. The molecule has 1 aromatic rings. The molecule has 8 heteroatoms. The Morgan fingerprint density at radius 2 is 2.27 bits per heavy atom. The van der Waals surface area contributed by atoms with Gasteiger partial charge in [0.2, 0.25) is 0 Å². The van der Waals surface area contributed by atoms with E-state index in [1.807, 2.05) is 13.1 Å². The molecule has 2 fully saturated rings. The van der Waals surface area contributed by atoms with Gasteiger partial charge in [0.1, 0.15) is 0 Å². The van der Waals surface area contributed by atoms with E-state index in [4.69, 9.17) is 0 Å². The van der Waals surface area contributed by atoms with Gasteiger partial charge in [-0.1, -0.05) is 0 Å². The summed E-state index contributed by atoms with van der Waals surface area (Å²) in [5.74, 6) is 0.547. The third kappa shape index (κ3) is 3.60. The molecule has 2 amide bonds. The quantitative estimate of drug-likeness (QED) is 0.883. The summed E-state index contributed by atoms with van der Waals surface area (Å²) >= 11 is 1.69. The number of rotatable bonds is 2. The highest BCUT2D eigenvalue weighted by molar-refractivity contribution is 7.91. The molecule has 2 saturated heterocycles. The predicted octanol–water partition coefficient (Wildman–Crippen LogP) is 1.53. The van der Waals surface area contributed by atoms with Crippen molar-refractivity contribution in [1.29, 1.82) is 0 Å². The lowest BCUT2D eigenvalue weighted by Gasteiger charge is -2.32. The van der Waals surface area contributed by atoms with Gasteiger partial charge in [0.15, 0.2) is 9.84 Å². The summed E-state index contributed by atoms with van der Waals surface area (Å²) in [5.41, 5.74) is 0. The zero-order chi connectivity index (χ0) is 15.7. The second kappa shape index (κ2) is 6.16. The van der Waals surface area contributed by atoms with Crippen LogP contribution in [0.5, 0.6) is 0 Å². The molecule has 0 aromatic carbocycles. The van der Waals surface area contributed by atoms with Crippen LogP contribution in [0.1, 0.15) is 35.1 Å². The summed E-state index contributed by atoms with van der Waals surface area (Å²) in [7, 11) is -2.96. The van der Waals surface area contributed by atoms with Crippen molar-refractivity contribution in [2.24, 2.45) is 0 Å². The van der Waals surface area contributed by atoms with Crippen molar-refractivity contribution in [2.45, 2.75) is 38.1 Å². The molecule has 3 heterocycles. The van der Waals surface area contributed by atoms with Crippen LogP contribution in [0, 0.1) is 6.92 Å². The summed E-state index contributed by atoms with van der Waals surface area (Å²) in [5, 5.41) is 3.97. The van der Waals surface area contributed by atoms with Gasteiger partial charge in [0.25, 0.3) is 0 Å². The first-order valence-electron chi connectivity index (χ1n) is 7.61. The largest absolute Gasteiger partial charge is 0.334 e. The van der Waals surface area contributed by atoms with E-state index in [0.29, 0.717) is 18.9 Å². The zero-order valence-electron chi connectivity index (χ0n) is 12.6. The van der Waals surface area contributed by atoms with E-state index in [1.165, 1.54) is 4.88 Å². The number of nitrogens with one attached hydrogen (secondary N) is 1. The second-order valence-electron chi connectivity index (χ2n) is 6.14. The highest BCUT2D eigenvalue weighted by atomic mass is 32.2. The molecule has 22 heavy (non-hydrogen) atoms. The molecule has 2 atom stereocenters. The van der Waals surface area contributed by atoms with Gasteiger partial charge in [-0.2, -0.15) is 0 Å². The minimum Gasteiger partial charge on any atom is -0.334 e. The van der Waals surface area contributed by atoms with Crippen molar-refractivity contribution in [1.82, 2.24) is 15.2 Å². The Morgan fingerprint density at radius 3 is 2.91 bits per heavy atom. The first kappa shape index (κ1) is 15.7. The van der Waals surface area contributed by atoms with Crippen molar-refractivity contribution in [3.63, 3.8) is 0 Å². The van der Waals surface area contributed by atoms with Gasteiger partial charge < -0.3 is 10.2 Å². The van der Waals surface area contributed by atoms with E-state index in [2.05, 4.69) is 10.3 Å². The molecule has 1 N–H and O–H groups in total. The monoisotopic (exact) mass is 343 g/mol. The maximum atomic E-state index is 12.4. The third-order valence-corrected chi connectivity index (χ3v) is 7.10. The normalized spacial score (nSPS) is 27.8. The molecule has 2 unspecified atom stereocenters. The van der Waals surface area contributed by atoms with E-state index < -0.39 is 9.84 Å². The van der Waals surface area contributed by atoms with Crippen LogP contribution in [0.15, 0.2) is 6.20 Å². The average molecular weight is 343 g/mol. The van der Waals surface area contributed by atoms with Crippen molar-refractivity contribution in [3.05, 3.63) is 16.1 Å². The molecule has 0 spiro atoms. The molecule has 3 rings (SSSR count). The molecule has 122 valence electrons. The Morgan fingerprint density at radius 1 is 1.45 bits per heavy atom. The Hall–Kier alpha value is -1.15. The fraction of sp³-hybridized carbons (Fsp3) is 0.714. The fourth-order valence-electron chi connectivity index (χ4n) is 3.10. The number of sulfone groups is 1. The van der Waals surface area contributed by atoms with Crippen molar-refractivity contribution in [2.75, 3.05) is 24.6 Å². The maximum absolute atomic E-state index is 12.4. The highest BCUT2D eigenvalue weighted by Crippen LogP contribution is 2.29. The molecular weight excluding hydrogens is 322 g/mol. The number of thiazole rings is 1. The maximum Gasteiger partial charge on any atom is 0.317 e. The molecule has 2 aliphatic rings. The molecule has 0 radical (unpaired) electrons. The minimum atomic E-state index is -2.96. The standard InChI is InChI=1S/C14H21N3O3S2/c1-10-7-15-13(21-10)11-3-2-5-17(8-11)14(18)16-12-4-6-22(19,20)9-12/h7,11-12H,2-6,8-9H2,1H3,(H,16,18). The van der Waals surface area contributed by atoms with E-state index in [9.17, 15) is 13.2 Å². The Kier molecular flexibility index (Phi) is 4.40. The number of hydrogen-bond acceptors (Lipinski definition) is 5. The van der Waals surface area contributed by atoms with Crippen LogP contribution < -0.4 is 5.32 Å². The zero-order valence-corrected chi connectivity index (χ0v) is 14.3. The molecule has 1 aromatic heterocycles. The van der Waals surface area contributed by atoms with Gasteiger partial charge in [0.05, 0.1) is 16.5 Å². The lowest BCUT2D eigenvalue weighted by Crippen LogP contribution is -2.48. The van der Waals surface area contributed by atoms with Crippen molar-refractivity contribution < 1.29 is 13.2 Å². The van der Waals surface area contributed by atoms with Gasteiger partial charge in [0, 0.05) is 36.1 Å². The first-order chi connectivity index (χ1) is 10.4. The molecule has 0 aliphatic carbocycles. The number of piperidine rings is 1. The third-order valence-electron chi connectivity index (χ3n) is 4.26. The van der Waals surface area contributed by atoms with E-state index in [0.717, 1.165) is 24.4 Å². The number of carbonyl (C=O) groups is 1. The summed E-state index contributed by atoms with van der Waals surface area (Å²) in [6, 6.07) is -0.375. The lowest BCUT2D eigenvalue weighted by atomic mass is 9.99. The topological polar surface area (TPSA) is 79.4 Å². The van der Waals surface area contributed by atoms with Gasteiger partial charge in [-0.3, -0.25) is 0 Å². The predicted molar refractivity (Wildman–Crippen MR) is 86.0 cm³/mol. The van der Waals surface area contributed by atoms with Gasteiger partial charge in [-0.15, -0.1) is 11.3 Å². The fourth-order valence-corrected chi connectivity index (χ4v) is 5.67. The summed E-state index contributed by atoms with van der Waals surface area (Å²) in [4.78, 5) is 19.8. The molecular formula is C14H21N3O3S2. The van der Waals surface area contributed by atoms with Crippen LogP contribution in [0.25, 0.3) is 0 Å². The number of nitrogens with zero attached hydrogens (tertiary/aromatic N) is 2. The molecule has 6 nitrogen and oxygen atoms in total. The van der Waals surface area contributed by atoms with E-state index in [1.54, 1.807) is 16.2 Å². The number of carbonyl (C=O) groups excluding carboxylic acids is 1. The number of likely N-dealkylation sites (tertiary alicyclic amines) is 1. The van der Waals surface area contributed by atoms with Gasteiger partial charge >= 0.3 is 6.03 Å². The Bertz CT molecular complexity index is 656. The highest BCUT2D eigenvalue weighted by Gasteiger charge is 2.32. The number of aryl methyl sites for hydroxylation is 1. The summed E-state index contributed by atoms with van der Waals surface area (Å²) in [6.45, 7) is 3.43. The Balaban J connectivity index is 1.58. The number of aromatic nitrogens is 1. The number of amides is 2. The van der Waals surface area contributed by atoms with Crippen LogP contribution in [-0.2, 0) is 9.84 Å². The number of urea groups is 1. The van der Waals surface area contributed by atoms with Gasteiger partial charge in [-0.25, -0.2) is 18.2 Å². The number of hydrogen-bond donors (Lipinski definition) is 1. The van der Waals surface area contributed by atoms with E-state index >= 15 is 0 Å². The summed E-state index contributed by atoms with van der Waals surface area (Å²) in [6.07, 6.45) is 4.41. The van der Waals surface area contributed by atoms with Crippen LogP contribution in [0.4, 0.5) is 4.79 Å². The van der Waals surface area contributed by atoms with E-state index in [-0.39, 0.29) is 23.6 Å². The van der Waals surface area contributed by atoms with Crippen LogP contribution in [0.3, 0.4) is 0 Å². The average Bonchev–Trinajstić information content (AvgIpc) is 3.05. The first-order valence-corrected chi connectivity index (χ1v) is 10.2. The Labute approximate surface area is 134 Å². The summed E-state index contributed by atoms with van der Waals surface area (Å²) < 4.78 is 22.9. The van der Waals surface area contributed by atoms with Crippen LogP contribution in [-0.4, -0.2) is 55.0 Å². The lowest BCUT2D eigenvalue weighted by molar-refractivity contribution is 0.176. The van der Waals surface area contributed by atoms with Crippen LogP contribution in [0.2, 0.25) is 0 Å².